The number of aryl methyl sites for hydroxylation is 1. The summed E-state index contributed by atoms with van der Waals surface area (Å²) in [4.78, 5) is 18.3. The van der Waals surface area contributed by atoms with Crippen molar-refractivity contribution in [2.75, 3.05) is 6.61 Å². The van der Waals surface area contributed by atoms with Crippen LogP contribution in [-0.4, -0.2) is 22.5 Å². The van der Waals surface area contributed by atoms with Crippen molar-refractivity contribution in [2.45, 2.75) is 20.5 Å². The Kier molecular flexibility index (Phi) is 7.27. The fraction of sp³-hybridized carbons (Fsp3) is 0.121. The molecule has 0 bridgehead atoms. The van der Waals surface area contributed by atoms with Gasteiger partial charge in [0.25, 0.3) is 5.56 Å². The third-order valence-corrected chi connectivity index (χ3v) is 6.75. The number of fused-ring (bicyclic) bond motifs is 2. The molecule has 204 valence electrons. The van der Waals surface area contributed by atoms with E-state index in [2.05, 4.69) is 24.2 Å². The summed E-state index contributed by atoms with van der Waals surface area (Å²) in [5, 5.41) is 6.39. The summed E-state index contributed by atoms with van der Waals surface area (Å²) >= 11 is 6.17. The van der Waals surface area contributed by atoms with Gasteiger partial charge in [-0.2, -0.15) is 9.78 Å². The van der Waals surface area contributed by atoms with E-state index in [0.29, 0.717) is 52.0 Å². The molecule has 2 heterocycles. The van der Waals surface area contributed by atoms with Gasteiger partial charge in [-0.05, 0) is 79.6 Å². The molecule has 8 heteroatoms. The molecule has 2 aromatic heterocycles. The lowest BCUT2D eigenvalue weighted by molar-refractivity contribution is 0.269. The molecule has 0 amide bonds. The Morgan fingerprint density at radius 2 is 1.83 bits per heavy atom. The maximum Gasteiger partial charge on any atom is 0.282 e. The van der Waals surface area contributed by atoms with Crippen LogP contribution in [-0.2, 0) is 6.61 Å². The molecular weight excluding hydrogens is 538 g/mol. The molecule has 0 spiro atoms. The van der Waals surface area contributed by atoms with Crippen LogP contribution in [0.3, 0.4) is 0 Å². The number of hydrogen-bond acceptors (Lipinski definition) is 6. The molecule has 6 aromatic rings. The summed E-state index contributed by atoms with van der Waals surface area (Å²) in [5.41, 5.74) is 3.83. The van der Waals surface area contributed by atoms with Crippen LogP contribution < -0.4 is 15.0 Å². The number of hydrogen-bond donors (Lipinski definition) is 0. The predicted molar refractivity (Wildman–Crippen MR) is 162 cm³/mol. The van der Waals surface area contributed by atoms with E-state index in [4.69, 9.17) is 30.5 Å². The largest absolute Gasteiger partial charge is 0.490 e. The topological polar surface area (TPSA) is 78.9 Å². The van der Waals surface area contributed by atoms with E-state index in [1.807, 2.05) is 43.3 Å². The zero-order valence-corrected chi connectivity index (χ0v) is 23.3. The molecule has 4 aromatic carbocycles. The first-order valence-electron chi connectivity index (χ1n) is 13.2. The molecule has 6 rings (SSSR count). The van der Waals surface area contributed by atoms with E-state index in [1.165, 1.54) is 10.2 Å². The van der Waals surface area contributed by atoms with E-state index in [-0.39, 0.29) is 11.4 Å². The minimum absolute atomic E-state index is 0.278. The highest BCUT2D eigenvalue weighted by Crippen LogP contribution is 2.30. The lowest BCUT2D eigenvalue weighted by Crippen LogP contribution is -2.20. The van der Waals surface area contributed by atoms with Crippen LogP contribution in [0.4, 0.5) is 0 Å². The van der Waals surface area contributed by atoms with E-state index in [9.17, 15) is 4.79 Å². The van der Waals surface area contributed by atoms with Crippen LogP contribution in [0.15, 0.2) is 105 Å². The fourth-order valence-corrected chi connectivity index (χ4v) is 4.78. The van der Waals surface area contributed by atoms with E-state index in [0.717, 1.165) is 16.5 Å². The zero-order chi connectivity index (χ0) is 28.3. The molecular formula is C33H26ClN3O4. The Bertz CT molecular complexity index is 1980. The maximum absolute atomic E-state index is 13.6. The molecule has 0 aliphatic rings. The van der Waals surface area contributed by atoms with Gasteiger partial charge in [0.2, 0.25) is 5.82 Å². The fourth-order valence-electron chi connectivity index (χ4n) is 4.59. The first-order valence-corrected chi connectivity index (χ1v) is 13.6. The molecule has 41 heavy (non-hydrogen) atoms. The number of nitrogens with zero attached hydrogens (tertiary/aromatic N) is 3. The lowest BCUT2D eigenvalue weighted by atomic mass is 10.1. The van der Waals surface area contributed by atoms with Gasteiger partial charge in [0.1, 0.15) is 12.2 Å². The van der Waals surface area contributed by atoms with Gasteiger partial charge in [0, 0.05) is 10.4 Å². The summed E-state index contributed by atoms with van der Waals surface area (Å²) in [6, 6.07) is 28.0. The van der Waals surface area contributed by atoms with Gasteiger partial charge in [-0.25, -0.2) is 4.98 Å². The number of furan rings is 1. The van der Waals surface area contributed by atoms with Crippen LogP contribution >= 0.6 is 11.6 Å². The quantitative estimate of drug-likeness (QED) is 0.178. The Morgan fingerprint density at radius 3 is 2.68 bits per heavy atom. The Balaban J connectivity index is 1.38. The van der Waals surface area contributed by atoms with Gasteiger partial charge in [-0.3, -0.25) is 4.79 Å². The number of benzene rings is 4. The van der Waals surface area contributed by atoms with Gasteiger partial charge < -0.3 is 13.9 Å². The van der Waals surface area contributed by atoms with Crippen LogP contribution in [0.25, 0.3) is 33.5 Å². The molecule has 0 fully saturated rings. The summed E-state index contributed by atoms with van der Waals surface area (Å²) in [5.74, 6) is 1.89. The highest BCUT2D eigenvalue weighted by atomic mass is 35.5. The maximum atomic E-state index is 13.6. The van der Waals surface area contributed by atoms with Gasteiger partial charge in [-0.15, -0.1) is 0 Å². The Labute approximate surface area is 241 Å². The molecule has 7 nitrogen and oxygen atoms in total. The van der Waals surface area contributed by atoms with Crippen molar-refractivity contribution in [2.24, 2.45) is 5.10 Å². The third-order valence-electron chi connectivity index (χ3n) is 6.52. The number of halogens is 1. The van der Waals surface area contributed by atoms with Crippen LogP contribution in [0.1, 0.15) is 23.6 Å². The van der Waals surface area contributed by atoms with Gasteiger partial charge in [0.15, 0.2) is 17.3 Å². The number of rotatable bonds is 8. The van der Waals surface area contributed by atoms with Crippen LogP contribution in [0, 0.1) is 6.92 Å². The van der Waals surface area contributed by atoms with E-state index < -0.39 is 0 Å². The minimum atomic E-state index is -0.316. The molecule has 0 atom stereocenters. The predicted octanol–water partition coefficient (Wildman–Crippen LogP) is 7.63. The van der Waals surface area contributed by atoms with Crippen molar-refractivity contribution in [1.82, 2.24) is 9.66 Å². The molecule has 0 saturated carbocycles. The highest BCUT2D eigenvalue weighted by molar-refractivity contribution is 6.31. The van der Waals surface area contributed by atoms with Crippen molar-refractivity contribution in [1.29, 1.82) is 0 Å². The highest BCUT2D eigenvalue weighted by Gasteiger charge is 2.17. The van der Waals surface area contributed by atoms with Gasteiger partial charge >= 0.3 is 0 Å². The molecule has 0 aliphatic carbocycles. The van der Waals surface area contributed by atoms with Crippen LogP contribution in [0.5, 0.6) is 11.5 Å². The number of para-hydroxylation sites is 1. The summed E-state index contributed by atoms with van der Waals surface area (Å²) in [6.45, 7) is 4.85. The van der Waals surface area contributed by atoms with E-state index in [1.54, 1.807) is 48.7 Å². The van der Waals surface area contributed by atoms with Crippen LogP contribution in [0.2, 0.25) is 5.02 Å². The normalized spacial score (nSPS) is 11.5. The average molecular weight is 564 g/mol. The summed E-state index contributed by atoms with van der Waals surface area (Å²) < 4.78 is 19.2. The van der Waals surface area contributed by atoms with Crippen molar-refractivity contribution in [3.05, 3.63) is 123 Å². The molecule has 0 N–H and O–H groups in total. The second kappa shape index (κ2) is 11.3. The van der Waals surface area contributed by atoms with Crippen molar-refractivity contribution in [3.8, 4) is 23.1 Å². The first kappa shape index (κ1) is 26.3. The van der Waals surface area contributed by atoms with Crippen molar-refractivity contribution < 1.29 is 13.9 Å². The first-order chi connectivity index (χ1) is 20.0. The molecule has 0 unspecified atom stereocenters. The minimum Gasteiger partial charge on any atom is -0.490 e. The lowest BCUT2D eigenvalue weighted by Gasteiger charge is -2.13. The number of aromatic nitrogens is 2. The van der Waals surface area contributed by atoms with Gasteiger partial charge in [-0.1, -0.05) is 53.6 Å². The molecule has 0 aliphatic heterocycles. The zero-order valence-electron chi connectivity index (χ0n) is 22.5. The van der Waals surface area contributed by atoms with E-state index >= 15 is 0 Å². The Morgan fingerprint density at radius 1 is 0.951 bits per heavy atom. The second-order valence-corrected chi connectivity index (χ2v) is 9.96. The molecule has 0 saturated heterocycles. The number of ether oxygens (including phenoxy) is 2. The Hall–Kier alpha value is -4.88. The summed E-state index contributed by atoms with van der Waals surface area (Å²) in [7, 11) is 0. The monoisotopic (exact) mass is 563 g/mol. The smallest absolute Gasteiger partial charge is 0.282 e. The second-order valence-electron chi connectivity index (χ2n) is 9.52. The summed E-state index contributed by atoms with van der Waals surface area (Å²) in [6.07, 6.45) is 1.59. The van der Waals surface area contributed by atoms with Gasteiger partial charge in [0.05, 0.1) is 23.7 Å². The van der Waals surface area contributed by atoms with Crippen molar-refractivity contribution in [3.63, 3.8) is 0 Å². The van der Waals surface area contributed by atoms with Crippen molar-refractivity contribution >= 4 is 39.7 Å². The third kappa shape index (κ3) is 5.58. The average Bonchev–Trinajstić information content (AvgIpc) is 3.39. The standard InChI is InChI=1S/C33H26ClN3O4/c1-3-39-30-16-22(11-13-29(30)40-20-23-8-6-7-21(2)15-23)19-35-37-32(36-27-10-5-4-9-26(27)33(37)38)31-18-24-17-25(34)12-14-28(24)41-31/h4-19H,3,20H2,1-2H3. The SMILES string of the molecule is CCOc1cc(C=Nn2c(-c3cc4cc(Cl)ccc4o3)nc3ccccc3c2=O)ccc1OCc1cccc(C)c1. The molecule has 0 radical (unpaired) electrons.